The van der Waals surface area contributed by atoms with Crippen LogP contribution in [0.25, 0.3) is 11.3 Å². The predicted octanol–water partition coefficient (Wildman–Crippen LogP) is 2.01. The molecule has 0 spiro atoms. The molecule has 17 heavy (non-hydrogen) atoms. The van der Waals surface area contributed by atoms with Gasteiger partial charge < -0.3 is 10.3 Å². The van der Waals surface area contributed by atoms with Crippen molar-refractivity contribution in [3.8, 4) is 11.3 Å². The topological polar surface area (TPSA) is 61.7 Å². The summed E-state index contributed by atoms with van der Waals surface area (Å²) in [7, 11) is 1.89. The maximum Gasteiger partial charge on any atom is 0.132 e. The van der Waals surface area contributed by atoms with Crippen molar-refractivity contribution in [2.24, 2.45) is 7.05 Å². The van der Waals surface area contributed by atoms with Gasteiger partial charge in [-0.1, -0.05) is 6.92 Å². The Morgan fingerprint density at radius 1 is 1.41 bits per heavy atom. The zero-order chi connectivity index (χ0) is 12.6. The Kier molecular flexibility index (Phi) is 2.92. The van der Waals surface area contributed by atoms with Gasteiger partial charge in [0.15, 0.2) is 0 Å². The van der Waals surface area contributed by atoms with Crippen LogP contribution < -0.4 is 5.73 Å². The molecule has 0 bridgehead atoms. The molecule has 0 aliphatic heterocycles. The van der Waals surface area contributed by atoms with E-state index in [4.69, 9.17) is 5.73 Å². The van der Waals surface area contributed by atoms with Gasteiger partial charge in [-0.2, -0.15) is 5.10 Å². The molecule has 2 N–H and O–H groups in total. The number of nitrogens with two attached hydrogens (primary N) is 1. The van der Waals surface area contributed by atoms with E-state index in [0.717, 1.165) is 29.3 Å². The summed E-state index contributed by atoms with van der Waals surface area (Å²) in [6, 6.07) is 0.322. The van der Waals surface area contributed by atoms with E-state index < -0.39 is 0 Å². The summed E-state index contributed by atoms with van der Waals surface area (Å²) >= 11 is 0. The van der Waals surface area contributed by atoms with Crippen molar-refractivity contribution in [1.82, 2.24) is 19.3 Å². The number of aromatic nitrogens is 4. The molecule has 5 heteroatoms. The van der Waals surface area contributed by atoms with Crippen LogP contribution in [0, 0.1) is 0 Å². The lowest BCUT2D eigenvalue weighted by molar-refractivity contribution is 0.579. The van der Waals surface area contributed by atoms with E-state index in [9.17, 15) is 0 Å². The van der Waals surface area contributed by atoms with Crippen LogP contribution in [0.1, 0.15) is 32.6 Å². The van der Waals surface area contributed by atoms with Crippen LogP contribution in [0.4, 0.5) is 5.82 Å². The van der Waals surface area contributed by atoms with Crippen molar-refractivity contribution in [1.29, 1.82) is 0 Å². The molecule has 5 nitrogen and oxygen atoms in total. The lowest BCUT2D eigenvalue weighted by Gasteiger charge is -2.12. The molecule has 0 fully saturated rings. The van der Waals surface area contributed by atoms with Gasteiger partial charge in [0.2, 0.25) is 0 Å². The summed E-state index contributed by atoms with van der Waals surface area (Å²) in [6.07, 6.45) is 4.61. The summed E-state index contributed by atoms with van der Waals surface area (Å²) in [5.74, 6) is 1.75. The summed E-state index contributed by atoms with van der Waals surface area (Å²) in [4.78, 5) is 4.62. The lowest BCUT2D eigenvalue weighted by Crippen LogP contribution is -2.08. The van der Waals surface area contributed by atoms with Gasteiger partial charge in [0, 0.05) is 31.3 Å². The molecule has 2 aromatic rings. The van der Waals surface area contributed by atoms with Gasteiger partial charge in [0.05, 0.1) is 6.20 Å². The molecule has 0 aliphatic carbocycles. The molecule has 0 aliphatic rings. The fourth-order valence-corrected chi connectivity index (χ4v) is 2.07. The third kappa shape index (κ3) is 1.92. The number of imidazole rings is 1. The van der Waals surface area contributed by atoms with Gasteiger partial charge in [-0.05, 0) is 13.8 Å². The maximum absolute atomic E-state index is 6.19. The van der Waals surface area contributed by atoms with Gasteiger partial charge in [0.25, 0.3) is 0 Å². The Bertz CT molecular complexity index is 521. The molecular weight excluding hydrogens is 214 g/mol. The van der Waals surface area contributed by atoms with Crippen molar-refractivity contribution in [2.75, 3.05) is 5.73 Å². The maximum atomic E-state index is 6.19. The summed E-state index contributed by atoms with van der Waals surface area (Å²) in [5, 5.41) is 4.16. The molecule has 2 heterocycles. The Labute approximate surface area is 101 Å². The molecule has 0 atom stereocenters. The molecule has 92 valence electrons. The number of hydrogen-bond donors (Lipinski definition) is 1. The molecule has 0 saturated carbocycles. The van der Waals surface area contributed by atoms with E-state index in [1.807, 2.05) is 13.2 Å². The van der Waals surface area contributed by atoms with Crippen LogP contribution in [-0.4, -0.2) is 19.3 Å². The number of anilines is 1. The molecule has 2 rings (SSSR count). The fraction of sp³-hybridized carbons (Fsp3) is 0.500. The number of nitrogen functional groups attached to an aromatic ring is 1. The highest BCUT2D eigenvalue weighted by Crippen LogP contribution is 2.28. The Morgan fingerprint density at radius 3 is 2.53 bits per heavy atom. The van der Waals surface area contributed by atoms with Gasteiger partial charge in [-0.3, -0.25) is 4.68 Å². The van der Waals surface area contributed by atoms with E-state index in [1.165, 1.54) is 0 Å². The lowest BCUT2D eigenvalue weighted by atomic mass is 10.2. The third-order valence-corrected chi connectivity index (χ3v) is 2.83. The SMILES string of the molecule is CCc1nc(-c2cnn(C)c2)c(N)n1C(C)C. The van der Waals surface area contributed by atoms with Crippen LogP contribution in [0.15, 0.2) is 12.4 Å². The molecule has 0 radical (unpaired) electrons. The van der Waals surface area contributed by atoms with E-state index in [2.05, 4.69) is 35.4 Å². The summed E-state index contributed by atoms with van der Waals surface area (Å²) in [6.45, 7) is 6.32. The average molecular weight is 233 g/mol. The minimum absolute atomic E-state index is 0.322. The zero-order valence-electron chi connectivity index (χ0n) is 10.8. The Hall–Kier alpha value is -1.78. The monoisotopic (exact) mass is 233 g/mol. The minimum atomic E-state index is 0.322. The Morgan fingerprint density at radius 2 is 2.12 bits per heavy atom. The minimum Gasteiger partial charge on any atom is -0.383 e. The number of hydrogen-bond acceptors (Lipinski definition) is 3. The first kappa shape index (κ1) is 11.7. The van der Waals surface area contributed by atoms with Crippen LogP contribution in [0.3, 0.4) is 0 Å². The normalized spacial score (nSPS) is 11.4. The van der Waals surface area contributed by atoms with Crippen molar-refractivity contribution in [3.05, 3.63) is 18.2 Å². The first-order chi connectivity index (χ1) is 8.04. The van der Waals surface area contributed by atoms with Crippen molar-refractivity contribution >= 4 is 5.82 Å². The highest BCUT2D eigenvalue weighted by molar-refractivity contribution is 5.70. The van der Waals surface area contributed by atoms with Crippen LogP contribution >= 0.6 is 0 Å². The van der Waals surface area contributed by atoms with E-state index >= 15 is 0 Å². The highest BCUT2D eigenvalue weighted by atomic mass is 15.2. The van der Waals surface area contributed by atoms with Crippen molar-refractivity contribution in [3.63, 3.8) is 0 Å². The second kappa shape index (κ2) is 4.24. The standard InChI is InChI=1S/C12H19N5/c1-5-10-15-11(9-6-14-16(4)7-9)12(13)17(10)8(2)3/h6-8H,5,13H2,1-4H3. The smallest absolute Gasteiger partial charge is 0.132 e. The predicted molar refractivity (Wildman–Crippen MR) is 68.6 cm³/mol. The summed E-state index contributed by atoms with van der Waals surface area (Å²) < 4.78 is 3.84. The molecule has 0 unspecified atom stereocenters. The zero-order valence-corrected chi connectivity index (χ0v) is 10.8. The molecule has 0 aromatic carbocycles. The average Bonchev–Trinajstić information content (AvgIpc) is 2.81. The summed E-state index contributed by atoms with van der Waals surface area (Å²) in [5.41, 5.74) is 7.99. The number of rotatable bonds is 3. The van der Waals surface area contributed by atoms with Crippen LogP contribution in [0.5, 0.6) is 0 Å². The largest absolute Gasteiger partial charge is 0.383 e. The van der Waals surface area contributed by atoms with Crippen molar-refractivity contribution in [2.45, 2.75) is 33.2 Å². The van der Waals surface area contributed by atoms with E-state index in [0.29, 0.717) is 6.04 Å². The second-order valence-electron chi connectivity index (χ2n) is 4.48. The second-order valence-corrected chi connectivity index (χ2v) is 4.48. The van der Waals surface area contributed by atoms with Crippen molar-refractivity contribution < 1.29 is 0 Å². The third-order valence-electron chi connectivity index (χ3n) is 2.83. The van der Waals surface area contributed by atoms with E-state index in [-0.39, 0.29) is 0 Å². The fourth-order valence-electron chi connectivity index (χ4n) is 2.07. The molecule has 0 saturated heterocycles. The molecule has 2 aromatic heterocycles. The van der Waals surface area contributed by atoms with E-state index in [1.54, 1.807) is 10.9 Å². The quantitative estimate of drug-likeness (QED) is 0.882. The van der Waals surface area contributed by atoms with Gasteiger partial charge >= 0.3 is 0 Å². The number of nitrogens with zero attached hydrogens (tertiary/aromatic N) is 4. The number of aryl methyl sites for hydroxylation is 2. The highest BCUT2D eigenvalue weighted by Gasteiger charge is 2.17. The Balaban J connectivity index is 2.56. The first-order valence-electron chi connectivity index (χ1n) is 5.90. The van der Waals surface area contributed by atoms with Gasteiger partial charge in [-0.15, -0.1) is 0 Å². The van der Waals surface area contributed by atoms with Gasteiger partial charge in [0.1, 0.15) is 17.3 Å². The molecular formula is C12H19N5. The molecule has 0 amide bonds. The van der Waals surface area contributed by atoms with Gasteiger partial charge in [-0.25, -0.2) is 4.98 Å². The van der Waals surface area contributed by atoms with Crippen LogP contribution in [-0.2, 0) is 13.5 Å². The first-order valence-corrected chi connectivity index (χ1v) is 5.90. The van der Waals surface area contributed by atoms with Crippen LogP contribution in [0.2, 0.25) is 0 Å².